The summed E-state index contributed by atoms with van der Waals surface area (Å²) in [5, 5.41) is 0. The standard InChI is InChI=1S/C19H22F2N2O3S/c1-27(24,25)23-11-14(16-4-2-3-5-17(16)20)9-15(12-23)26-19-8-13(10-22)6-7-18(19)21/h2-8,14-15H,9-12,22H2,1H3/t14-,15+/m0/s1. The number of nitrogens with two attached hydrogens (primary N) is 1. The van der Waals surface area contributed by atoms with Gasteiger partial charge in [0.2, 0.25) is 10.0 Å². The molecule has 1 aliphatic rings. The van der Waals surface area contributed by atoms with Crippen molar-refractivity contribution in [2.75, 3.05) is 19.3 Å². The molecule has 1 fully saturated rings. The highest BCUT2D eigenvalue weighted by molar-refractivity contribution is 7.88. The van der Waals surface area contributed by atoms with Gasteiger partial charge < -0.3 is 10.5 Å². The Bertz CT molecular complexity index is 921. The summed E-state index contributed by atoms with van der Waals surface area (Å²) in [6.07, 6.45) is 0.864. The van der Waals surface area contributed by atoms with Gasteiger partial charge in [-0.3, -0.25) is 0 Å². The maximum absolute atomic E-state index is 14.2. The van der Waals surface area contributed by atoms with E-state index in [9.17, 15) is 17.2 Å². The van der Waals surface area contributed by atoms with E-state index in [1.54, 1.807) is 24.3 Å². The lowest BCUT2D eigenvalue weighted by atomic mass is 9.90. The number of hydrogen-bond acceptors (Lipinski definition) is 4. The maximum atomic E-state index is 14.2. The van der Waals surface area contributed by atoms with Crippen LogP contribution in [0.2, 0.25) is 0 Å². The summed E-state index contributed by atoms with van der Waals surface area (Å²) in [6, 6.07) is 10.6. The van der Waals surface area contributed by atoms with Crippen molar-refractivity contribution >= 4 is 10.0 Å². The maximum Gasteiger partial charge on any atom is 0.211 e. The molecule has 2 aromatic rings. The van der Waals surface area contributed by atoms with Gasteiger partial charge in [0.1, 0.15) is 11.9 Å². The van der Waals surface area contributed by atoms with E-state index in [0.29, 0.717) is 17.5 Å². The Kier molecular flexibility index (Phi) is 5.78. The van der Waals surface area contributed by atoms with E-state index in [1.165, 1.54) is 22.5 Å². The van der Waals surface area contributed by atoms with Crippen LogP contribution in [0, 0.1) is 11.6 Å². The van der Waals surface area contributed by atoms with Crippen LogP contribution < -0.4 is 10.5 Å². The quantitative estimate of drug-likeness (QED) is 0.843. The summed E-state index contributed by atoms with van der Waals surface area (Å²) in [6.45, 7) is 0.468. The average molecular weight is 396 g/mol. The van der Waals surface area contributed by atoms with E-state index < -0.39 is 27.8 Å². The van der Waals surface area contributed by atoms with Gasteiger partial charge in [-0.2, -0.15) is 4.31 Å². The molecule has 5 nitrogen and oxygen atoms in total. The highest BCUT2D eigenvalue weighted by Crippen LogP contribution is 2.32. The first-order chi connectivity index (χ1) is 12.8. The molecule has 3 rings (SSSR count). The van der Waals surface area contributed by atoms with Gasteiger partial charge in [0, 0.05) is 19.0 Å². The molecule has 2 aromatic carbocycles. The second-order valence-corrected chi connectivity index (χ2v) is 8.73. The molecule has 1 heterocycles. The Hall–Kier alpha value is -2.03. The number of halogens is 2. The fourth-order valence-electron chi connectivity index (χ4n) is 3.35. The lowest BCUT2D eigenvalue weighted by molar-refractivity contribution is 0.112. The van der Waals surface area contributed by atoms with Crippen molar-refractivity contribution < 1.29 is 21.9 Å². The van der Waals surface area contributed by atoms with E-state index in [1.807, 2.05) is 0 Å². The topological polar surface area (TPSA) is 72.6 Å². The minimum absolute atomic E-state index is 0.0191. The van der Waals surface area contributed by atoms with Crippen molar-refractivity contribution in [2.24, 2.45) is 5.73 Å². The number of benzene rings is 2. The average Bonchev–Trinajstić information content (AvgIpc) is 2.63. The molecule has 0 unspecified atom stereocenters. The third-order valence-electron chi connectivity index (χ3n) is 4.72. The summed E-state index contributed by atoms with van der Waals surface area (Å²) < 4.78 is 59.6. The zero-order valence-corrected chi connectivity index (χ0v) is 15.8. The molecule has 146 valence electrons. The van der Waals surface area contributed by atoms with Crippen LogP contribution in [0.5, 0.6) is 5.75 Å². The Morgan fingerprint density at radius 1 is 1.15 bits per heavy atom. The van der Waals surface area contributed by atoms with Crippen LogP contribution >= 0.6 is 0 Å². The second-order valence-electron chi connectivity index (χ2n) is 6.74. The largest absolute Gasteiger partial charge is 0.486 e. The Labute approximate surface area is 157 Å². The van der Waals surface area contributed by atoms with Gasteiger partial charge in [-0.15, -0.1) is 0 Å². The van der Waals surface area contributed by atoms with Crippen LogP contribution in [0.15, 0.2) is 42.5 Å². The van der Waals surface area contributed by atoms with Gasteiger partial charge in [0.05, 0.1) is 12.8 Å². The van der Waals surface area contributed by atoms with E-state index in [0.717, 1.165) is 6.26 Å². The van der Waals surface area contributed by atoms with Crippen LogP contribution in [0.4, 0.5) is 8.78 Å². The predicted molar refractivity (Wildman–Crippen MR) is 98.9 cm³/mol. The van der Waals surface area contributed by atoms with E-state index in [-0.39, 0.29) is 31.3 Å². The summed E-state index contributed by atoms with van der Waals surface area (Å²) >= 11 is 0. The molecule has 0 saturated carbocycles. The first-order valence-electron chi connectivity index (χ1n) is 8.62. The Balaban J connectivity index is 1.89. The lowest BCUT2D eigenvalue weighted by Gasteiger charge is -2.36. The van der Waals surface area contributed by atoms with Crippen LogP contribution in [0.25, 0.3) is 0 Å². The van der Waals surface area contributed by atoms with Crippen molar-refractivity contribution in [2.45, 2.75) is 25.0 Å². The molecule has 0 radical (unpaired) electrons. The molecule has 0 spiro atoms. The number of piperidine rings is 1. The van der Waals surface area contributed by atoms with Gasteiger partial charge in [-0.25, -0.2) is 17.2 Å². The highest BCUT2D eigenvalue weighted by Gasteiger charge is 2.35. The summed E-state index contributed by atoms with van der Waals surface area (Å²) in [4.78, 5) is 0. The second kappa shape index (κ2) is 7.92. The summed E-state index contributed by atoms with van der Waals surface area (Å²) in [5.41, 5.74) is 6.72. The molecule has 1 saturated heterocycles. The fourth-order valence-corrected chi connectivity index (χ4v) is 4.23. The molecule has 0 aliphatic carbocycles. The minimum Gasteiger partial charge on any atom is -0.486 e. The van der Waals surface area contributed by atoms with Crippen molar-refractivity contribution in [3.8, 4) is 5.75 Å². The minimum atomic E-state index is -3.51. The third kappa shape index (κ3) is 4.63. The summed E-state index contributed by atoms with van der Waals surface area (Å²) in [5.74, 6) is -1.31. The van der Waals surface area contributed by atoms with E-state index in [2.05, 4.69) is 0 Å². The number of rotatable bonds is 5. The van der Waals surface area contributed by atoms with Crippen LogP contribution in [0.1, 0.15) is 23.5 Å². The fraction of sp³-hybridized carbons (Fsp3) is 0.368. The smallest absolute Gasteiger partial charge is 0.211 e. The van der Waals surface area contributed by atoms with Crippen molar-refractivity contribution in [3.63, 3.8) is 0 Å². The van der Waals surface area contributed by atoms with Crippen LogP contribution in [-0.2, 0) is 16.6 Å². The Morgan fingerprint density at radius 2 is 1.89 bits per heavy atom. The van der Waals surface area contributed by atoms with E-state index in [4.69, 9.17) is 10.5 Å². The molecule has 8 heteroatoms. The third-order valence-corrected chi connectivity index (χ3v) is 5.95. The Morgan fingerprint density at radius 3 is 2.56 bits per heavy atom. The molecular weight excluding hydrogens is 374 g/mol. The molecule has 2 atom stereocenters. The molecular formula is C19H22F2N2O3S. The van der Waals surface area contributed by atoms with E-state index >= 15 is 0 Å². The molecule has 1 aliphatic heterocycles. The monoisotopic (exact) mass is 396 g/mol. The predicted octanol–water partition coefficient (Wildman–Crippen LogP) is 2.62. The van der Waals surface area contributed by atoms with Crippen molar-refractivity contribution in [3.05, 3.63) is 65.2 Å². The molecule has 27 heavy (non-hydrogen) atoms. The number of nitrogens with zero attached hydrogens (tertiary/aromatic N) is 1. The number of hydrogen-bond donors (Lipinski definition) is 1. The lowest BCUT2D eigenvalue weighted by Crippen LogP contribution is -2.47. The molecule has 0 bridgehead atoms. The first-order valence-corrected chi connectivity index (χ1v) is 10.5. The summed E-state index contributed by atoms with van der Waals surface area (Å²) in [7, 11) is -3.51. The van der Waals surface area contributed by atoms with Gasteiger partial charge in [-0.1, -0.05) is 24.3 Å². The van der Waals surface area contributed by atoms with Crippen LogP contribution in [-0.4, -0.2) is 38.2 Å². The van der Waals surface area contributed by atoms with Gasteiger partial charge in [0.15, 0.2) is 11.6 Å². The molecule has 0 aromatic heterocycles. The first kappa shape index (κ1) is 19.7. The van der Waals surface area contributed by atoms with Gasteiger partial charge in [-0.05, 0) is 35.7 Å². The molecule has 2 N–H and O–H groups in total. The molecule has 0 amide bonds. The zero-order chi connectivity index (χ0) is 19.6. The van der Waals surface area contributed by atoms with Gasteiger partial charge in [0.25, 0.3) is 0 Å². The highest BCUT2D eigenvalue weighted by atomic mass is 32.2. The normalized spacial score (nSPS) is 21.2. The SMILES string of the molecule is CS(=O)(=O)N1C[C@H](Oc2cc(CN)ccc2F)C[C@H](c2ccccc2F)C1. The number of ether oxygens (including phenoxy) is 1. The van der Waals surface area contributed by atoms with Gasteiger partial charge >= 0.3 is 0 Å². The van der Waals surface area contributed by atoms with Crippen molar-refractivity contribution in [1.29, 1.82) is 0 Å². The number of sulfonamides is 1. The van der Waals surface area contributed by atoms with Crippen molar-refractivity contribution in [1.82, 2.24) is 4.31 Å². The zero-order valence-electron chi connectivity index (χ0n) is 14.9. The van der Waals surface area contributed by atoms with Crippen LogP contribution in [0.3, 0.4) is 0 Å².